The lowest BCUT2D eigenvalue weighted by molar-refractivity contribution is 0.0537. The highest BCUT2D eigenvalue weighted by Crippen LogP contribution is 2.35. The second kappa shape index (κ2) is 7.09. The molecule has 2 aromatic rings. The van der Waals surface area contributed by atoms with Gasteiger partial charge in [-0.25, -0.2) is 4.98 Å². The van der Waals surface area contributed by atoms with Crippen LogP contribution in [0.25, 0.3) is 0 Å². The summed E-state index contributed by atoms with van der Waals surface area (Å²) in [6.45, 7) is 4.92. The van der Waals surface area contributed by atoms with Crippen molar-refractivity contribution in [2.75, 3.05) is 37.0 Å². The molecule has 8 heteroatoms. The van der Waals surface area contributed by atoms with E-state index in [1.165, 1.54) is 0 Å². The second-order valence-corrected chi connectivity index (χ2v) is 6.79. The molecule has 4 rings (SSSR count). The maximum atomic E-state index is 6.21. The van der Waals surface area contributed by atoms with Crippen LogP contribution < -0.4 is 15.4 Å². The van der Waals surface area contributed by atoms with Crippen LogP contribution in [-0.4, -0.2) is 41.1 Å². The highest BCUT2D eigenvalue weighted by molar-refractivity contribution is 6.33. The maximum absolute atomic E-state index is 6.21. The van der Waals surface area contributed by atoms with E-state index in [1.807, 2.05) is 17.7 Å². The van der Waals surface area contributed by atoms with Crippen molar-refractivity contribution in [3.8, 4) is 5.88 Å². The fourth-order valence-corrected chi connectivity index (χ4v) is 3.41. The molecule has 25 heavy (non-hydrogen) atoms. The summed E-state index contributed by atoms with van der Waals surface area (Å²) in [7, 11) is 0. The second-order valence-electron chi connectivity index (χ2n) is 6.38. The molecule has 4 heterocycles. The van der Waals surface area contributed by atoms with Gasteiger partial charge in [0.2, 0.25) is 0 Å². The first-order valence-electron chi connectivity index (χ1n) is 8.68. The SMILES string of the molecule is Cc1c2c(nn1C1CCCOC1)OCCCNc1cc(ncc1Cl)N2. The quantitative estimate of drug-likeness (QED) is 0.807. The van der Waals surface area contributed by atoms with Gasteiger partial charge < -0.3 is 20.1 Å². The van der Waals surface area contributed by atoms with Crippen LogP contribution in [0.4, 0.5) is 17.2 Å². The molecule has 7 nitrogen and oxygen atoms in total. The third-order valence-electron chi connectivity index (χ3n) is 4.58. The van der Waals surface area contributed by atoms with Crippen LogP contribution in [0.1, 0.15) is 31.0 Å². The van der Waals surface area contributed by atoms with Gasteiger partial charge in [-0.05, 0) is 26.2 Å². The summed E-state index contributed by atoms with van der Waals surface area (Å²) in [5, 5.41) is 12.0. The number of hydrogen-bond acceptors (Lipinski definition) is 6. The Bertz CT molecular complexity index is 758. The summed E-state index contributed by atoms with van der Waals surface area (Å²) >= 11 is 6.21. The van der Waals surface area contributed by atoms with Gasteiger partial charge in [-0.2, -0.15) is 0 Å². The number of ether oxygens (including phenoxy) is 2. The van der Waals surface area contributed by atoms with Gasteiger partial charge in [-0.15, -0.1) is 5.10 Å². The molecule has 2 N–H and O–H groups in total. The Morgan fingerprint density at radius 2 is 2.24 bits per heavy atom. The van der Waals surface area contributed by atoms with Crippen molar-refractivity contribution in [2.24, 2.45) is 0 Å². The molecule has 0 saturated carbocycles. The van der Waals surface area contributed by atoms with Gasteiger partial charge >= 0.3 is 0 Å². The van der Waals surface area contributed by atoms with E-state index >= 15 is 0 Å². The standard InChI is InChI=1S/C17H22ClN5O2/c1-11-16-17(22-23(11)12-4-2-6-24-10-12)25-7-3-5-19-14-8-15(21-16)20-9-13(14)18/h8-9,12,19H,2-7,10H2,1H3,(H,20,21). The van der Waals surface area contributed by atoms with Crippen molar-refractivity contribution < 1.29 is 9.47 Å². The van der Waals surface area contributed by atoms with E-state index < -0.39 is 0 Å². The molecule has 1 atom stereocenters. The summed E-state index contributed by atoms with van der Waals surface area (Å²) in [5.74, 6) is 1.32. The van der Waals surface area contributed by atoms with E-state index in [2.05, 4.69) is 15.6 Å². The summed E-state index contributed by atoms with van der Waals surface area (Å²) in [5.41, 5.74) is 2.75. The van der Waals surface area contributed by atoms with E-state index in [0.29, 0.717) is 29.9 Å². The molecule has 2 aliphatic rings. The Morgan fingerprint density at radius 1 is 1.32 bits per heavy atom. The third-order valence-corrected chi connectivity index (χ3v) is 4.88. The Hall–Kier alpha value is -1.99. The number of fused-ring (bicyclic) bond motifs is 3. The van der Waals surface area contributed by atoms with Crippen LogP contribution in [0.2, 0.25) is 5.02 Å². The van der Waals surface area contributed by atoms with Gasteiger partial charge in [-0.3, -0.25) is 4.68 Å². The molecule has 134 valence electrons. The number of nitrogens with one attached hydrogen (secondary N) is 2. The molecule has 0 amide bonds. The van der Waals surface area contributed by atoms with Crippen LogP contribution in [0, 0.1) is 6.92 Å². The Balaban J connectivity index is 1.71. The number of hydrogen-bond donors (Lipinski definition) is 2. The molecule has 0 aliphatic carbocycles. The molecule has 0 aromatic carbocycles. The zero-order chi connectivity index (χ0) is 17.2. The van der Waals surface area contributed by atoms with Gasteiger partial charge in [0.05, 0.1) is 41.9 Å². The highest BCUT2D eigenvalue weighted by Gasteiger charge is 2.24. The maximum Gasteiger partial charge on any atom is 0.257 e. The van der Waals surface area contributed by atoms with Crippen molar-refractivity contribution in [1.29, 1.82) is 0 Å². The Kier molecular flexibility index (Phi) is 4.67. The zero-order valence-electron chi connectivity index (χ0n) is 14.2. The molecule has 1 fully saturated rings. The fraction of sp³-hybridized carbons (Fsp3) is 0.529. The van der Waals surface area contributed by atoms with Gasteiger partial charge in [0.1, 0.15) is 11.5 Å². The predicted molar refractivity (Wildman–Crippen MR) is 97.2 cm³/mol. The van der Waals surface area contributed by atoms with E-state index in [0.717, 1.165) is 49.5 Å². The summed E-state index contributed by atoms with van der Waals surface area (Å²) in [4.78, 5) is 4.37. The van der Waals surface area contributed by atoms with E-state index in [-0.39, 0.29) is 6.04 Å². The molecule has 0 radical (unpaired) electrons. The third kappa shape index (κ3) is 3.39. The lowest BCUT2D eigenvalue weighted by atomic mass is 10.1. The zero-order valence-corrected chi connectivity index (χ0v) is 15.0. The lowest BCUT2D eigenvalue weighted by Crippen LogP contribution is -2.23. The minimum Gasteiger partial charge on any atom is -0.475 e. The summed E-state index contributed by atoms with van der Waals surface area (Å²) < 4.78 is 13.6. The van der Waals surface area contributed by atoms with Crippen LogP contribution in [-0.2, 0) is 4.74 Å². The molecule has 1 saturated heterocycles. The molecule has 2 bridgehead atoms. The Morgan fingerprint density at radius 3 is 3.08 bits per heavy atom. The van der Waals surface area contributed by atoms with Gasteiger partial charge in [0.15, 0.2) is 0 Å². The minimum atomic E-state index is 0.245. The average Bonchev–Trinajstić information content (AvgIpc) is 2.92. The van der Waals surface area contributed by atoms with E-state index in [1.54, 1.807) is 6.20 Å². The highest BCUT2D eigenvalue weighted by atomic mass is 35.5. The van der Waals surface area contributed by atoms with Gasteiger partial charge in [-0.1, -0.05) is 11.6 Å². The van der Waals surface area contributed by atoms with E-state index in [4.69, 9.17) is 26.2 Å². The molecule has 1 unspecified atom stereocenters. The topological polar surface area (TPSA) is 73.2 Å². The number of aromatic nitrogens is 3. The number of anilines is 3. The monoisotopic (exact) mass is 363 g/mol. The van der Waals surface area contributed by atoms with Crippen LogP contribution in [0.3, 0.4) is 0 Å². The smallest absolute Gasteiger partial charge is 0.257 e. The molecule has 0 spiro atoms. The average molecular weight is 364 g/mol. The number of halogens is 1. The van der Waals surface area contributed by atoms with Crippen molar-refractivity contribution in [1.82, 2.24) is 14.8 Å². The largest absolute Gasteiger partial charge is 0.475 e. The van der Waals surface area contributed by atoms with Crippen LogP contribution in [0.15, 0.2) is 12.3 Å². The van der Waals surface area contributed by atoms with Crippen molar-refractivity contribution >= 4 is 28.8 Å². The van der Waals surface area contributed by atoms with Gasteiger partial charge in [0, 0.05) is 19.2 Å². The molecule has 2 aromatic heterocycles. The fourth-order valence-electron chi connectivity index (χ4n) is 3.24. The summed E-state index contributed by atoms with van der Waals surface area (Å²) in [6.07, 6.45) is 4.62. The van der Waals surface area contributed by atoms with Crippen molar-refractivity contribution in [2.45, 2.75) is 32.2 Å². The van der Waals surface area contributed by atoms with Crippen molar-refractivity contribution in [3.05, 3.63) is 23.0 Å². The predicted octanol–water partition coefficient (Wildman–Crippen LogP) is 3.53. The van der Waals surface area contributed by atoms with Gasteiger partial charge in [0.25, 0.3) is 5.88 Å². The number of pyridine rings is 1. The Labute approximate surface area is 151 Å². The van der Waals surface area contributed by atoms with Crippen molar-refractivity contribution in [3.63, 3.8) is 0 Å². The number of nitrogens with zero attached hydrogens (tertiary/aromatic N) is 3. The number of rotatable bonds is 1. The normalized spacial score (nSPS) is 20.5. The summed E-state index contributed by atoms with van der Waals surface area (Å²) in [6, 6.07) is 2.16. The lowest BCUT2D eigenvalue weighted by Gasteiger charge is -2.23. The first kappa shape index (κ1) is 16.5. The van der Waals surface area contributed by atoms with Crippen LogP contribution >= 0.6 is 11.6 Å². The minimum absolute atomic E-state index is 0.245. The first-order chi connectivity index (χ1) is 12.2. The molecule has 2 aliphatic heterocycles. The molecular formula is C17H22ClN5O2. The molecular weight excluding hydrogens is 342 g/mol. The van der Waals surface area contributed by atoms with E-state index in [9.17, 15) is 0 Å². The first-order valence-corrected chi connectivity index (χ1v) is 9.06. The van der Waals surface area contributed by atoms with Crippen LogP contribution in [0.5, 0.6) is 5.88 Å².